The van der Waals surface area contributed by atoms with Gasteiger partial charge in [0, 0.05) is 26.3 Å². The topological polar surface area (TPSA) is 3.24 Å². The second-order valence-corrected chi connectivity index (χ2v) is 18.3. The van der Waals surface area contributed by atoms with Crippen molar-refractivity contribution >= 4 is 28.8 Å². The van der Waals surface area contributed by atoms with Crippen molar-refractivity contribution in [2.75, 3.05) is 4.90 Å². The summed E-state index contributed by atoms with van der Waals surface area (Å²) in [6, 6.07) is 66.9. The number of nitrogens with zero attached hydrogens (tertiary/aromatic N) is 1. The summed E-state index contributed by atoms with van der Waals surface area (Å²) in [5.41, 5.74) is 21.5. The highest BCUT2D eigenvalue weighted by Gasteiger charge is 2.53. The molecule has 0 saturated carbocycles. The molecule has 0 unspecified atom stereocenters. The third kappa shape index (κ3) is 4.26. The summed E-state index contributed by atoms with van der Waals surface area (Å²) in [7, 11) is 0. The van der Waals surface area contributed by atoms with Crippen molar-refractivity contribution in [3.05, 3.63) is 220 Å². The Morgan fingerprint density at radius 3 is 1.28 bits per heavy atom. The van der Waals surface area contributed by atoms with Gasteiger partial charge in [-0.15, -0.1) is 0 Å². The normalized spacial score (nSPS) is 16.4. The van der Waals surface area contributed by atoms with Crippen LogP contribution in [0.25, 0.3) is 33.4 Å². The molecule has 8 aromatic rings. The van der Waals surface area contributed by atoms with Crippen molar-refractivity contribution in [1.82, 2.24) is 0 Å². The Morgan fingerprint density at radius 2 is 0.772 bits per heavy atom. The maximum atomic E-state index is 2.61. The van der Waals surface area contributed by atoms with E-state index < -0.39 is 5.41 Å². The van der Waals surface area contributed by atoms with E-state index in [9.17, 15) is 0 Å². The molecule has 1 nitrogen and oxygen atoms in total. The van der Waals surface area contributed by atoms with Crippen LogP contribution in [0.1, 0.15) is 72.2 Å². The van der Waals surface area contributed by atoms with E-state index in [4.69, 9.17) is 0 Å². The molecule has 2 heterocycles. The lowest BCUT2D eigenvalue weighted by Gasteiger charge is -2.49. The van der Waals surface area contributed by atoms with Crippen molar-refractivity contribution < 1.29 is 0 Å². The van der Waals surface area contributed by atoms with Crippen LogP contribution in [-0.2, 0) is 16.2 Å². The summed E-state index contributed by atoms with van der Waals surface area (Å²) in [5, 5.41) is 0. The molecule has 0 atom stereocenters. The van der Waals surface area contributed by atoms with E-state index in [-0.39, 0.29) is 10.8 Å². The van der Waals surface area contributed by atoms with E-state index in [1.807, 2.05) is 11.8 Å². The average molecular weight is 748 g/mol. The first kappa shape index (κ1) is 33.1. The number of fused-ring (bicyclic) bond motifs is 14. The zero-order valence-electron chi connectivity index (χ0n) is 32.6. The lowest BCUT2D eigenvalue weighted by Crippen LogP contribution is -2.40. The minimum atomic E-state index is -0.572. The summed E-state index contributed by atoms with van der Waals surface area (Å²) < 4.78 is 0. The van der Waals surface area contributed by atoms with Gasteiger partial charge in [0.2, 0.25) is 0 Å². The SMILES string of the molecule is CC1(C)c2ccccc2-c2cc3c(cc21)N(c1ccc(-c2ccccc2)cc1)c1cc2c(cc1C31c3ccccc3Sc3ccccc31)-c1ccccc1C2(C)C. The highest BCUT2D eigenvalue weighted by Crippen LogP contribution is 2.66. The number of hydrogen-bond donors (Lipinski definition) is 0. The highest BCUT2D eigenvalue weighted by atomic mass is 32.2. The number of benzene rings is 8. The van der Waals surface area contributed by atoms with E-state index in [2.05, 4.69) is 209 Å². The zero-order valence-corrected chi connectivity index (χ0v) is 33.4. The fraction of sp³-hybridized carbons (Fsp3) is 0.127. The molecule has 4 aliphatic rings. The molecule has 2 aliphatic heterocycles. The van der Waals surface area contributed by atoms with Gasteiger partial charge in [-0.3, -0.25) is 0 Å². The summed E-state index contributed by atoms with van der Waals surface area (Å²) in [4.78, 5) is 5.24. The van der Waals surface area contributed by atoms with Crippen molar-refractivity contribution in [1.29, 1.82) is 0 Å². The molecule has 8 aromatic carbocycles. The highest BCUT2D eigenvalue weighted by molar-refractivity contribution is 7.99. The fourth-order valence-corrected chi connectivity index (χ4v) is 12.2. The molecule has 2 heteroatoms. The first-order chi connectivity index (χ1) is 27.8. The van der Waals surface area contributed by atoms with Crippen LogP contribution in [0.15, 0.2) is 186 Å². The van der Waals surface area contributed by atoms with E-state index in [1.54, 1.807) is 0 Å². The number of anilines is 3. The van der Waals surface area contributed by atoms with Crippen molar-refractivity contribution in [2.45, 2.75) is 53.7 Å². The smallest absolute Gasteiger partial charge is 0.0764 e. The Hall–Kier alpha value is -6.09. The van der Waals surface area contributed by atoms with Crippen LogP contribution in [0.5, 0.6) is 0 Å². The lowest BCUT2D eigenvalue weighted by atomic mass is 9.61. The van der Waals surface area contributed by atoms with Gasteiger partial charge < -0.3 is 4.90 Å². The largest absolute Gasteiger partial charge is 0.310 e. The fourth-order valence-electron chi connectivity index (χ4n) is 11.0. The van der Waals surface area contributed by atoms with Crippen LogP contribution >= 0.6 is 11.8 Å². The molecular formula is C55H41NS. The van der Waals surface area contributed by atoms with Crippen LogP contribution in [0.2, 0.25) is 0 Å². The van der Waals surface area contributed by atoms with E-state index in [0.717, 1.165) is 0 Å². The predicted molar refractivity (Wildman–Crippen MR) is 238 cm³/mol. The predicted octanol–water partition coefficient (Wildman–Crippen LogP) is 14.6. The van der Waals surface area contributed by atoms with Gasteiger partial charge in [0.15, 0.2) is 0 Å². The van der Waals surface area contributed by atoms with E-state index in [1.165, 1.54) is 105 Å². The Morgan fingerprint density at radius 1 is 0.351 bits per heavy atom. The first-order valence-corrected chi connectivity index (χ1v) is 21.0. The average Bonchev–Trinajstić information content (AvgIpc) is 3.61. The minimum Gasteiger partial charge on any atom is -0.310 e. The Labute approximate surface area is 339 Å². The van der Waals surface area contributed by atoms with E-state index >= 15 is 0 Å². The second kappa shape index (κ2) is 11.5. The van der Waals surface area contributed by atoms with Crippen LogP contribution in [0.3, 0.4) is 0 Å². The van der Waals surface area contributed by atoms with Gasteiger partial charge in [-0.05, 0) is 126 Å². The minimum absolute atomic E-state index is 0.156. The van der Waals surface area contributed by atoms with Gasteiger partial charge in [0.25, 0.3) is 0 Å². The molecule has 0 amide bonds. The lowest BCUT2D eigenvalue weighted by molar-refractivity contribution is 0.652. The molecule has 1 spiro atoms. The van der Waals surface area contributed by atoms with Crippen LogP contribution in [0.4, 0.5) is 17.1 Å². The second-order valence-electron chi connectivity index (χ2n) is 17.3. The molecular weight excluding hydrogens is 707 g/mol. The van der Waals surface area contributed by atoms with Crippen molar-refractivity contribution in [3.8, 4) is 33.4 Å². The van der Waals surface area contributed by atoms with Gasteiger partial charge in [0.05, 0.1) is 16.8 Å². The van der Waals surface area contributed by atoms with E-state index in [0.29, 0.717) is 0 Å². The molecule has 0 fully saturated rings. The Kier molecular flexibility index (Phi) is 6.67. The van der Waals surface area contributed by atoms with Gasteiger partial charge in [-0.1, -0.05) is 167 Å². The summed E-state index contributed by atoms with van der Waals surface area (Å²) in [6.45, 7) is 9.63. The molecule has 0 saturated heterocycles. The maximum Gasteiger partial charge on any atom is 0.0764 e. The van der Waals surface area contributed by atoms with Gasteiger partial charge in [0.1, 0.15) is 0 Å². The third-order valence-electron chi connectivity index (χ3n) is 13.7. The maximum absolute atomic E-state index is 2.61. The van der Waals surface area contributed by atoms with Crippen molar-refractivity contribution in [3.63, 3.8) is 0 Å². The molecule has 0 bridgehead atoms. The summed E-state index contributed by atoms with van der Waals surface area (Å²) in [5.74, 6) is 0. The zero-order chi connectivity index (χ0) is 38.3. The molecule has 0 aromatic heterocycles. The quantitative estimate of drug-likeness (QED) is 0.173. The molecule has 57 heavy (non-hydrogen) atoms. The first-order valence-electron chi connectivity index (χ1n) is 20.2. The van der Waals surface area contributed by atoms with Gasteiger partial charge in [-0.25, -0.2) is 0 Å². The molecule has 0 radical (unpaired) electrons. The van der Waals surface area contributed by atoms with Gasteiger partial charge in [-0.2, -0.15) is 0 Å². The standard InChI is InChI=1S/C55H41NS/c1-53(2)41-20-10-8-18-37(41)39-30-47-49(32-45(39)53)56(36-28-26-35(27-29-36)34-16-6-5-7-17-34)50-33-46-40(38-19-9-11-21-42(38)54(46,3)4)31-48(50)55(47)43-22-12-14-24-51(43)57-52-25-15-13-23-44(52)55/h5-33H,1-4H3. The molecule has 272 valence electrons. The van der Waals surface area contributed by atoms with Crippen LogP contribution in [0, 0.1) is 0 Å². The van der Waals surface area contributed by atoms with Gasteiger partial charge >= 0.3 is 0 Å². The Balaban J connectivity index is 1.25. The van der Waals surface area contributed by atoms with Crippen LogP contribution < -0.4 is 4.90 Å². The van der Waals surface area contributed by atoms with Crippen molar-refractivity contribution in [2.24, 2.45) is 0 Å². The third-order valence-corrected chi connectivity index (χ3v) is 14.9. The molecule has 2 aliphatic carbocycles. The summed E-state index contributed by atoms with van der Waals surface area (Å²) in [6.07, 6.45) is 0. The Bertz CT molecular complexity index is 2820. The molecule has 0 N–H and O–H groups in total. The van der Waals surface area contributed by atoms with Crippen LogP contribution in [-0.4, -0.2) is 0 Å². The molecule has 12 rings (SSSR count). The number of hydrogen-bond acceptors (Lipinski definition) is 2. The number of rotatable bonds is 2. The monoisotopic (exact) mass is 747 g/mol. The summed E-state index contributed by atoms with van der Waals surface area (Å²) >= 11 is 1.91.